The van der Waals surface area contributed by atoms with Crippen molar-refractivity contribution in [3.63, 3.8) is 0 Å². The molecule has 0 spiro atoms. The molecule has 1 unspecified atom stereocenters. The average molecular weight is 365 g/mol. The average Bonchev–Trinajstić information content (AvgIpc) is 2.35. The molecule has 0 fully saturated rings. The zero-order valence-corrected chi connectivity index (χ0v) is 14.1. The van der Waals surface area contributed by atoms with Crippen LogP contribution in [0.2, 0.25) is 0 Å². The molecule has 7 heteroatoms. The summed E-state index contributed by atoms with van der Waals surface area (Å²) in [7, 11) is -3.54. The minimum atomic E-state index is -3.54. The van der Waals surface area contributed by atoms with E-state index in [1.165, 1.54) is 4.31 Å². The Bertz CT molecular complexity index is 561. The van der Waals surface area contributed by atoms with Crippen molar-refractivity contribution in [2.75, 3.05) is 13.1 Å². The van der Waals surface area contributed by atoms with Crippen LogP contribution in [-0.2, 0) is 10.0 Å². The Hall–Kier alpha value is -0.500. The fraction of sp³-hybridized carbons (Fsp3) is 0.417. The molecule has 0 amide bonds. The highest BCUT2D eigenvalue weighted by molar-refractivity contribution is 9.10. The number of rotatable bonds is 6. The molecule has 0 heterocycles. The van der Waals surface area contributed by atoms with Crippen LogP contribution in [0.15, 0.2) is 33.6 Å². The zero-order valence-electron chi connectivity index (χ0n) is 10.8. The summed E-state index contributed by atoms with van der Waals surface area (Å²) in [6, 6.07) is 6.75. The summed E-state index contributed by atoms with van der Waals surface area (Å²) < 4.78 is 27.0. The summed E-state index contributed by atoms with van der Waals surface area (Å²) in [4.78, 5) is 0.577. The van der Waals surface area contributed by atoms with Crippen LogP contribution in [0.25, 0.3) is 0 Å². The predicted molar refractivity (Wildman–Crippen MR) is 84.5 cm³/mol. The lowest BCUT2D eigenvalue weighted by Crippen LogP contribution is -2.38. The van der Waals surface area contributed by atoms with Crippen molar-refractivity contribution in [3.8, 4) is 0 Å². The number of hydrogen-bond donors (Lipinski definition) is 1. The zero-order chi connectivity index (χ0) is 14.6. The van der Waals surface area contributed by atoms with Crippen LogP contribution in [0.4, 0.5) is 0 Å². The summed E-state index contributed by atoms with van der Waals surface area (Å²) in [5, 5.41) is 0. The van der Waals surface area contributed by atoms with Gasteiger partial charge in [0.25, 0.3) is 0 Å². The Morgan fingerprint density at radius 2 is 2.05 bits per heavy atom. The molecular formula is C12H17BrN2O2S2. The fourth-order valence-corrected chi connectivity index (χ4v) is 4.16. The molecule has 0 aliphatic heterocycles. The van der Waals surface area contributed by atoms with Crippen LogP contribution >= 0.6 is 28.1 Å². The van der Waals surface area contributed by atoms with Crippen molar-refractivity contribution in [3.05, 3.63) is 28.7 Å². The van der Waals surface area contributed by atoms with E-state index in [2.05, 4.69) is 15.9 Å². The summed E-state index contributed by atoms with van der Waals surface area (Å²) in [6.45, 7) is 4.27. The first-order valence-corrected chi connectivity index (χ1v) is 8.48. The number of hydrogen-bond acceptors (Lipinski definition) is 3. The summed E-state index contributed by atoms with van der Waals surface area (Å²) in [5.74, 6) is -0.160. The standard InChI is InChI=1S/C12H17BrN2O2S2/c1-3-15(8-9(2)12(14)18)19(16,17)11-7-5-4-6-10(11)13/h4-7,9H,3,8H2,1-2H3,(H2,14,18). The van der Waals surface area contributed by atoms with E-state index in [0.717, 1.165) is 0 Å². The molecule has 0 bridgehead atoms. The highest BCUT2D eigenvalue weighted by Crippen LogP contribution is 2.25. The molecule has 0 radical (unpaired) electrons. The van der Waals surface area contributed by atoms with E-state index in [0.29, 0.717) is 16.0 Å². The van der Waals surface area contributed by atoms with Gasteiger partial charge < -0.3 is 5.73 Å². The molecule has 106 valence electrons. The number of halogens is 1. The van der Waals surface area contributed by atoms with E-state index in [9.17, 15) is 8.42 Å². The maximum absolute atomic E-state index is 12.6. The molecule has 1 aromatic rings. The van der Waals surface area contributed by atoms with E-state index < -0.39 is 10.0 Å². The molecule has 19 heavy (non-hydrogen) atoms. The number of sulfonamides is 1. The Labute approximate surface area is 128 Å². The minimum absolute atomic E-state index is 0.160. The van der Waals surface area contributed by atoms with Crippen molar-refractivity contribution in [1.29, 1.82) is 0 Å². The van der Waals surface area contributed by atoms with E-state index >= 15 is 0 Å². The molecule has 1 aromatic carbocycles. The summed E-state index contributed by atoms with van der Waals surface area (Å²) in [6.07, 6.45) is 0. The Morgan fingerprint density at radius 1 is 1.47 bits per heavy atom. The molecule has 0 aromatic heterocycles. The van der Waals surface area contributed by atoms with Gasteiger partial charge in [0.1, 0.15) is 0 Å². The second-order valence-corrected chi connectivity index (χ2v) is 7.42. The maximum atomic E-state index is 12.6. The summed E-state index contributed by atoms with van der Waals surface area (Å²) in [5.41, 5.74) is 5.55. The molecule has 4 nitrogen and oxygen atoms in total. The molecule has 1 atom stereocenters. The number of nitrogens with two attached hydrogens (primary N) is 1. The monoisotopic (exact) mass is 364 g/mol. The maximum Gasteiger partial charge on any atom is 0.244 e. The van der Waals surface area contributed by atoms with E-state index in [1.807, 2.05) is 6.92 Å². The normalized spacial score (nSPS) is 13.5. The third-order valence-electron chi connectivity index (χ3n) is 2.77. The van der Waals surface area contributed by atoms with Crippen molar-refractivity contribution in [1.82, 2.24) is 4.31 Å². The van der Waals surface area contributed by atoms with Gasteiger partial charge in [-0.2, -0.15) is 4.31 Å². The second kappa shape index (κ2) is 6.78. The molecule has 1 rings (SSSR count). The van der Waals surface area contributed by atoms with Crippen LogP contribution < -0.4 is 5.73 Å². The fourth-order valence-electron chi connectivity index (χ4n) is 1.59. The van der Waals surface area contributed by atoms with E-state index in [1.54, 1.807) is 31.2 Å². The number of thiocarbonyl (C=S) groups is 1. The second-order valence-electron chi connectivity index (χ2n) is 4.19. The molecule has 2 N–H and O–H groups in total. The third kappa shape index (κ3) is 3.98. The molecule has 0 aliphatic carbocycles. The highest BCUT2D eigenvalue weighted by Gasteiger charge is 2.26. The van der Waals surface area contributed by atoms with Gasteiger partial charge in [0.15, 0.2) is 0 Å². The first-order valence-electron chi connectivity index (χ1n) is 5.84. The van der Waals surface area contributed by atoms with Gasteiger partial charge in [-0.1, -0.05) is 38.2 Å². The smallest absolute Gasteiger partial charge is 0.244 e. The van der Waals surface area contributed by atoms with Crippen molar-refractivity contribution in [2.45, 2.75) is 18.7 Å². The van der Waals surface area contributed by atoms with Gasteiger partial charge >= 0.3 is 0 Å². The van der Waals surface area contributed by atoms with Crippen molar-refractivity contribution in [2.24, 2.45) is 11.7 Å². The predicted octanol–water partition coefficient (Wildman–Crippen LogP) is 2.38. The topological polar surface area (TPSA) is 63.4 Å². The Balaban J connectivity index is 3.10. The first kappa shape index (κ1) is 16.6. The molecule has 0 aliphatic rings. The first-order chi connectivity index (χ1) is 8.80. The highest BCUT2D eigenvalue weighted by atomic mass is 79.9. The quantitative estimate of drug-likeness (QED) is 0.787. The van der Waals surface area contributed by atoms with Crippen molar-refractivity contribution >= 4 is 43.2 Å². The van der Waals surface area contributed by atoms with Gasteiger partial charge in [-0.3, -0.25) is 0 Å². The molecule has 0 saturated carbocycles. The Kier molecular flexibility index (Phi) is 5.91. The van der Waals surface area contributed by atoms with E-state index in [-0.39, 0.29) is 17.4 Å². The van der Waals surface area contributed by atoms with Gasteiger partial charge in [-0.15, -0.1) is 0 Å². The lowest BCUT2D eigenvalue weighted by Gasteiger charge is -2.24. The largest absolute Gasteiger partial charge is 0.393 e. The van der Waals surface area contributed by atoms with Crippen LogP contribution in [0, 0.1) is 5.92 Å². The lowest BCUT2D eigenvalue weighted by molar-refractivity contribution is 0.405. The van der Waals surface area contributed by atoms with Gasteiger partial charge in [0.05, 0.1) is 9.88 Å². The van der Waals surface area contributed by atoms with Crippen LogP contribution in [-0.4, -0.2) is 30.8 Å². The molecular weight excluding hydrogens is 348 g/mol. The SMILES string of the molecule is CCN(CC(C)C(N)=S)S(=O)(=O)c1ccccc1Br. The Morgan fingerprint density at radius 3 is 2.53 bits per heavy atom. The van der Waals surface area contributed by atoms with Gasteiger partial charge in [-0.25, -0.2) is 8.42 Å². The number of nitrogens with zero attached hydrogens (tertiary/aromatic N) is 1. The van der Waals surface area contributed by atoms with Crippen LogP contribution in [0.1, 0.15) is 13.8 Å². The lowest BCUT2D eigenvalue weighted by atomic mass is 10.2. The minimum Gasteiger partial charge on any atom is -0.393 e. The van der Waals surface area contributed by atoms with Gasteiger partial charge in [-0.05, 0) is 28.1 Å². The van der Waals surface area contributed by atoms with Gasteiger partial charge in [0.2, 0.25) is 10.0 Å². The van der Waals surface area contributed by atoms with Crippen LogP contribution in [0.3, 0.4) is 0 Å². The summed E-state index contributed by atoms with van der Waals surface area (Å²) >= 11 is 8.17. The third-order valence-corrected chi connectivity index (χ3v) is 6.13. The number of benzene rings is 1. The van der Waals surface area contributed by atoms with Crippen molar-refractivity contribution < 1.29 is 8.42 Å². The van der Waals surface area contributed by atoms with Crippen LogP contribution in [0.5, 0.6) is 0 Å². The van der Waals surface area contributed by atoms with E-state index in [4.69, 9.17) is 18.0 Å². The van der Waals surface area contributed by atoms with Gasteiger partial charge in [0, 0.05) is 23.5 Å². The molecule has 0 saturated heterocycles.